The van der Waals surface area contributed by atoms with Crippen LogP contribution in [0, 0.1) is 0 Å². The maximum absolute atomic E-state index is 12.3. The highest BCUT2D eigenvalue weighted by Crippen LogP contribution is 2.39. The molecule has 0 spiro atoms. The molecule has 2 aromatic rings. The number of halogens is 3. The Hall–Kier alpha value is -2.15. The molecule has 1 unspecified atom stereocenters. The van der Waals surface area contributed by atoms with E-state index in [1.165, 1.54) is 12.1 Å². The van der Waals surface area contributed by atoms with Gasteiger partial charge < -0.3 is 15.2 Å². The quantitative estimate of drug-likeness (QED) is 0.877. The molecule has 1 heterocycles. The third-order valence-electron chi connectivity index (χ3n) is 3.59. The van der Waals surface area contributed by atoms with E-state index in [4.69, 9.17) is 10.5 Å². The van der Waals surface area contributed by atoms with Crippen molar-refractivity contribution in [2.45, 2.75) is 12.2 Å². The number of alkyl halides is 2. The smallest absolute Gasteiger partial charge is 0.387 e. The third-order valence-corrected chi connectivity index (χ3v) is 4.08. The lowest BCUT2D eigenvalue weighted by Gasteiger charge is -2.25. The maximum atomic E-state index is 12.3. The first-order chi connectivity index (χ1) is 11.0. The number of nitrogens with zero attached hydrogens (tertiary/aromatic N) is 1. The minimum atomic E-state index is -2.86. The summed E-state index contributed by atoms with van der Waals surface area (Å²) in [6.45, 7) is -2.62. The van der Waals surface area contributed by atoms with Crippen molar-refractivity contribution >= 4 is 22.0 Å². The van der Waals surface area contributed by atoms with Gasteiger partial charge in [0.25, 0.3) is 6.02 Å². The highest BCUT2D eigenvalue weighted by Gasteiger charge is 2.40. The second-order valence-corrected chi connectivity index (χ2v) is 5.93. The molecule has 1 aliphatic rings. The molecule has 120 valence electrons. The minimum absolute atomic E-state index is 0.0870. The van der Waals surface area contributed by atoms with Crippen molar-refractivity contribution < 1.29 is 18.3 Å². The Morgan fingerprint density at radius 2 is 1.91 bits per heavy atom. The monoisotopic (exact) mass is 382 g/mol. The summed E-state index contributed by atoms with van der Waals surface area (Å²) >= 11 is 3.44. The lowest BCUT2D eigenvalue weighted by molar-refractivity contribution is -0.0498. The minimum Gasteiger partial charge on any atom is -0.462 e. The van der Waals surface area contributed by atoms with Crippen LogP contribution in [0.3, 0.4) is 0 Å². The van der Waals surface area contributed by atoms with Gasteiger partial charge in [0.2, 0.25) is 0 Å². The lowest BCUT2D eigenvalue weighted by atomic mass is 9.84. The lowest BCUT2D eigenvalue weighted by Crippen LogP contribution is -2.27. The number of amidine groups is 1. The molecule has 0 fully saturated rings. The molecule has 4 nitrogen and oxygen atoms in total. The SMILES string of the molecule is NC1=NC(c2ccc(OC(F)F)cc2)(c2cccc(Br)c2)CO1. The standard InChI is InChI=1S/C16H13BrF2N2O2/c17-12-3-1-2-11(8-12)16(9-22-15(20)21-16)10-4-6-13(7-5-10)23-14(18)19/h1-8,14H,9H2,(H2,20,21). The van der Waals surface area contributed by atoms with E-state index >= 15 is 0 Å². The Morgan fingerprint density at radius 3 is 2.48 bits per heavy atom. The molecule has 0 radical (unpaired) electrons. The molecule has 3 rings (SSSR count). The molecular weight excluding hydrogens is 370 g/mol. The summed E-state index contributed by atoms with van der Waals surface area (Å²) in [5.41, 5.74) is 6.56. The molecule has 0 saturated heterocycles. The third kappa shape index (κ3) is 3.14. The van der Waals surface area contributed by atoms with Gasteiger partial charge in [0, 0.05) is 4.47 Å². The van der Waals surface area contributed by atoms with E-state index in [0.29, 0.717) is 0 Å². The molecule has 1 atom stereocenters. The van der Waals surface area contributed by atoms with E-state index in [9.17, 15) is 8.78 Å². The second kappa shape index (κ2) is 6.16. The van der Waals surface area contributed by atoms with E-state index in [1.54, 1.807) is 12.1 Å². The van der Waals surface area contributed by atoms with Gasteiger partial charge in [-0.2, -0.15) is 8.78 Å². The van der Waals surface area contributed by atoms with Gasteiger partial charge >= 0.3 is 6.61 Å². The Kier molecular flexibility index (Phi) is 4.21. The summed E-state index contributed by atoms with van der Waals surface area (Å²) in [5, 5.41) is 0. The summed E-state index contributed by atoms with van der Waals surface area (Å²) in [6, 6.07) is 14.1. The number of ether oxygens (including phenoxy) is 2. The van der Waals surface area contributed by atoms with Crippen LogP contribution >= 0.6 is 15.9 Å². The Labute approximate surface area is 140 Å². The number of hydrogen-bond acceptors (Lipinski definition) is 4. The van der Waals surface area contributed by atoms with Gasteiger partial charge in [-0.3, -0.25) is 0 Å². The van der Waals surface area contributed by atoms with Gasteiger partial charge in [-0.05, 0) is 35.4 Å². The number of benzene rings is 2. The summed E-state index contributed by atoms with van der Waals surface area (Å²) in [5.74, 6) is 0.0870. The molecule has 2 aromatic carbocycles. The fourth-order valence-electron chi connectivity index (χ4n) is 2.55. The highest BCUT2D eigenvalue weighted by atomic mass is 79.9. The molecule has 2 N–H and O–H groups in total. The van der Waals surface area contributed by atoms with Crippen molar-refractivity contribution in [3.63, 3.8) is 0 Å². The van der Waals surface area contributed by atoms with Crippen molar-refractivity contribution in [1.82, 2.24) is 0 Å². The number of hydrogen-bond donors (Lipinski definition) is 1. The summed E-state index contributed by atoms with van der Waals surface area (Å²) < 4.78 is 35.2. The molecule has 0 amide bonds. The van der Waals surface area contributed by atoms with Crippen LogP contribution < -0.4 is 10.5 Å². The van der Waals surface area contributed by atoms with Crippen molar-refractivity contribution in [2.75, 3.05) is 6.61 Å². The van der Waals surface area contributed by atoms with Crippen LogP contribution in [0.5, 0.6) is 5.75 Å². The van der Waals surface area contributed by atoms with Crippen LogP contribution in [-0.4, -0.2) is 19.2 Å². The Balaban J connectivity index is 2.04. The van der Waals surface area contributed by atoms with Gasteiger partial charge in [-0.1, -0.05) is 40.2 Å². The largest absolute Gasteiger partial charge is 0.462 e. The van der Waals surface area contributed by atoms with Gasteiger partial charge in [0.05, 0.1) is 0 Å². The van der Waals surface area contributed by atoms with Crippen LogP contribution in [0.15, 0.2) is 58.0 Å². The number of rotatable bonds is 4. The van der Waals surface area contributed by atoms with Crippen LogP contribution in [-0.2, 0) is 10.3 Å². The van der Waals surface area contributed by atoms with Crippen LogP contribution in [0.2, 0.25) is 0 Å². The van der Waals surface area contributed by atoms with Crippen molar-refractivity contribution in [3.8, 4) is 5.75 Å². The first-order valence-corrected chi connectivity index (χ1v) is 7.58. The van der Waals surface area contributed by atoms with Crippen LogP contribution in [0.4, 0.5) is 8.78 Å². The Morgan fingerprint density at radius 1 is 1.17 bits per heavy atom. The van der Waals surface area contributed by atoms with Gasteiger partial charge in [-0.15, -0.1) is 0 Å². The molecule has 0 saturated carbocycles. The van der Waals surface area contributed by atoms with Gasteiger partial charge in [-0.25, -0.2) is 4.99 Å². The first kappa shape index (κ1) is 15.7. The van der Waals surface area contributed by atoms with Gasteiger partial charge in [0.15, 0.2) is 5.54 Å². The van der Waals surface area contributed by atoms with E-state index in [1.807, 2.05) is 24.3 Å². The van der Waals surface area contributed by atoms with Gasteiger partial charge in [0.1, 0.15) is 12.4 Å². The predicted molar refractivity (Wildman–Crippen MR) is 85.6 cm³/mol. The Bertz CT molecular complexity index is 737. The van der Waals surface area contributed by atoms with E-state index in [-0.39, 0.29) is 18.4 Å². The van der Waals surface area contributed by atoms with E-state index in [0.717, 1.165) is 15.6 Å². The second-order valence-electron chi connectivity index (χ2n) is 5.01. The zero-order valence-corrected chi connectivity index (χ0v) is 13.5. The molecular formula is C16H13BrF2N2O2. The van der Waals surface area contributed by atoms with Crippen LogP contribution in [0.1, 0.15) is 11.1 Å². The first-order valence-electron chi connectivity index (χ1n) is 6.79. The molecule has 1 aliphatic heterocycles. The molecule has 0 aromatic heterocycles. The maximum Gasteiger partial charge on any atom is 0.387 e. The number of aliphatic imine (C=N–C) groups is 1. The zero-order valence-electron chi connectivity index (χ0n) is 11.9. The average molecular weight is 383 g/mol. The summed E-state index contributed by atoms with van der Waals surface area (Å²) in [4.78, 5) is 4.45. The molecule has 23 heavy (non-hydrogen) atoms. The highest BCUT2D eigenvalue weighted by molar-refractivity contribution is 9.10. The topological polar surface area (TPSA) is 56.8 Å². The molecule has 0 bridgehead atoms. The number of nitrogens with two attached hydrogens (primary N) is 1. The zero-order chi connectivity index (χ0) is 16.4. The van der Waals surface area contributed by atoms with Crippen molar-refractivity contribution in [1.29, 1.82) is 0 Å². The fourth-order valence-corrected chi connectivity index (χ4v) is 2.95. The molecule has 0 aliphatic carbocycles. The van der Waals surface area contributed by atoms with Crippen molar-refractivity contribution in [3.05, 3.63) is 64.1 Å². The van der Waals surface area contributed by atoms with E-state index < -0.39 is 12.2 Å². The normalized spacial score (nSPS) is 20.3. The summed E-state index contributed by atoms with van der Waals surface area (Å²) in [6.07, 6.45) is 0. The fraction of sp³-hybridized carbons (Fsp3) is 0.188. The van der Waals surface area contributed by atoms with E-state index in [2.05, 4.69) is 25.7 Å². The summed E-state index contributed by atoms with van der Waals surface area (Å²) in [7, 11) is 0. The molecule has 7 heteroatoms. The van der Waals surface area contributed by atoms with Crippen LogP contribution in [0.25, 0.3) is 0 Å². The predicted octanol–water partition coefficient (Wildman–Crippen LogP) is 3.64. The van der Waals surface area contributed by atoms with Crippen molar-refractivity contribution in [2.24, 2.45) is 10.7 Å². The average Bonchev–Trinajstić information content (AvgIpc) is 2.91.